The zero-order valence-corrected chi connectivity index (χ0v) is 16.4. The van der Waals surface area contributed by atoms with Crippen LogP contribution in [0.25, 0.3) is 0 Å². The normalized spacial score (nSPS) is 11.1. The number of rotatable bonds is 8. The molecule has 1 atom stereocenters. The Labute approximate surface area is 168 Å². The van der Waals surface area contributed by atoms with Crippen LogP contribution in [0.3, 0.4) is 0 Å². The van der Waals surface area contributed by atoms with Gasteiger partial charge in [-0.05, 0) is 35.9 Å². The molecule has 0 aliphatic heterocycles. The number of carbonyl (C=O) groups is 3. The molecule has 4 N–H and O–H groups in total. The summed E-state index contributed by atoms with van der Waals surface area (Å²) >= 11 is 0. The van der Waals surface area contributed by atoms with Gasteiger partial charge < -0.3 is 30.6 Å². The molecule has 2 aromatic rings. The quantitative estimate of drug-likeness (QED) is 0.582. The van der Waals surface area contributed by atoms with Crippen LogP contribution in [0.2, 0.25) is 0 Å². The molecular weight excluding hydrogens is 378 g/mol. The van der Waals surface area contributed by atoms with Gasteiger partial charge in [-0.15, -0.1) is 0 Å². The third-order valence-corrected chi connectivity index (χ3v) is 4.11. The highest BCUT2D eigenvalue weighted by Crippen LogP contribution is 2.31. The Morgan fingerprint density at radius 2 is 1.72 bits per heavy atom. The molecule has 1 unspecified atom stereocenters. The van der Waals surface area contributed by atoms with Crippen LogP contribution in [0.4, 0.5) is 10.5 Å². The number of hydrogen-bond donors (Lipinski definition) is 3. The third-order valence-electron chi connectivity index (χ3n) is 4.11. The number of nitrogens with one attached hydrogen (secondary N) is 2. The molecule has 0 fully saturated rings. The molecule has 154 valence electrons. The molecule has 0 spiro atoms. The van der Waals surface area contributed by atoms with E-state index >= 15 is 0 Å². The van der Waals surface area contributed by atoms with Gasteiger partial charge >= 0.3 is 12.0 Å². The number of esters is 1. The van der Waals surface area contributed by atoms with E-state index in [0.717, 1.165) is 0 Å². The zero-order chi connectivity index (χ0) is 21.4. The van der Waals surface area contributed by atoms with Crippen molar-refractivity contribution in [3.63, 3.8) is 0 Å². The largest absolute Gasteiger partial charge is 0.493 e. The van der Waals surface area contributed by atoms with Crippen molar-refractivity contribution in [1.82, 2.24) is 5.32 Å². The molecule has 9 nitrogen and oxygen atoms in total. The lowest BCUT2D eigenvalue weighted by Gasteiger charge is -2.20. The minimum Gasteiger partial charge on any atom is -0.493 e. The van der Waals surface area contributed by atoms with E-state index in [-0.39, 0.29) is 12.0 Å². The van der Waals surface area contributed by atoms with E-state index in [0.29, 0.717) is 22.7 Å². The van der Waals surface area contributed by atoms with Crippen molar-refractivity contribution in [2.75, 3.05) is 26.6 Å². The number of benzene rings is 2. The van der Waals surface area contributed by atoms with Crippen LogP contribution in [0.5, 0.6) is 11.5 Å². The van der Waals surface area contributed by atoms with Gasteiger partial charge in [0.1, 0.15) is 0 Å². The van der Waals surface area contributed by atoms with Crippen molar-refractivity contribution >= 4 is 23.6 Å². The lowest BCUT2D eigenvalue weighted by molar-refractivity contribution is -0.141. The Balaban J connectivity index is 2.30. The molecule has 0 aliphatic rings. The second-order valence-corrected chi connectivity index (χ2v) is 5.99. The first kappa shape index (κ1) is 21.5. The number of ether oxygens (including phenoxy) is 3. The molecule has 0 radical (unpaired) electrons. The molecule has 0 aliphatic carbocycles. The van der Waals surface area contributed by atoms with Gasteiger partial charge in [-0.2, -0.15) is 0 Å². The highest BCUT2D eigenvalue weighted by atomic mass is 16.5. The first-order chi connectivity index (χ1) is 13.9. The first-order valence-corrected chi connectivity index (χ1v) is 8.64. The van der Waals surface area contributed by atoms with Crippen LogP contribution in [-0.4, -0.2) is 39.2 Å². The van der Waals surface area contributed by atoms with E-state index in [1.165, 1.54) is 27.4 Å². The number of amides is 3. The lowest BCUT2D eigenvalue weighted by atomic mass is 10.0. The van der Waals surface area contributed by atoms with Crippen molar-refractivity contribution < 1.29 is 28.6 Å². The molecular formula is C20H23N3O6. The summed E-state index contributed by atoms with van der Waals surface area (Å²) < 4.78 is 15.3. The summed E-state index contributed by atoms with van der Waals surface area (Å²) in [6.45, 7) is 0. The van der Waals surface area contributed by atoms with Crippen molar-refractivity contribution in [3.8, 4) is 11.5 Å². The highest BCUT2D eigenvalue weighted by molar-refractivity contribution is 5.97. The summed E-state index contributed by atoms with van der Waals surface area (Å²) in [5.41, 5.74) is 6.40. The van der Waals surface area contributed by atoms with Gasteiger partial charge in [0.05, 0.1) is 33.8 Å². The van der Waals surface area contributed by atoms with Gasteiger partial charge in [-0.3, -0.25) is 9.59 Å². The molecule has 0 bridgehead atoms. The Hall–Kier alpha value is -3.75. The van der Waals surface area contributed by atoms with E-state index in [2.05, 4.69) is 10.6 Å². The maximum Gasteiger partial charge on any atom is 0.316 e. The Kier molecular flexibility index (Phi) is 7.41. The van der Waals surface area contributed by atoms with Gasteiger partial charge in [0.2, 0.25) is 0 Å². The fourth-order valence-electron chi connectivity index (χ4n) is 2.69. The van der Waals surface area contributed by atoms with Crippen molar-refractivity contribution in [3.05, 3.63) is 53.6 Å². The smallest absolute Gasteiger partial charge is 0.316 e. The number of hydrogen-bond acceptors (Lipinski definition) is 6. The predicted octanol–water partition coefficient (Wildman–Crippen LogP) is 2.23. The van der Waals surface area contributed by atoms with Crippen LogP contribution in [0.15, 0.2) is 42.5 Å². The Morgan fingerprint density at radius 3 is 2.34 bits per heavy atom. The summed E-state index contributed by atoms with van der Waals surface area (Å²) in [5.74, 6) is 0.0439. The minimum absolute atomic E-state index is 0.0864. The Morgan fingerprint density at radius 1 is 1.00 bits per heavy atom. The average molecular weight is 401 g/mol. The molecule has 9 heteroatoms. The van der Waals surface area contributed by atoms with Crippen LogP contribution in [0, 0.1) is 0 Å². The number of carbonyl (C=O) groups excluding carboxylic acids is 3. The fraction of sp³-hybridized carbons (Fsp3) is 0.250. The van der Waals surface area contributed by atoms with Gasteiger partial charge in [0.25, 0.3) is 5.91 Å². The molecule has 0 aromatic heterocycles. The van der Waals surface area contributed by atoms with Crippen molar-refractivity contribution in [2.24, 2.45) is 5.73 Å². The first-order valence-electron chi connectivity index (χ1n) is 8.64. The van der Waals surface area contributed by atoms with E-state index < -0.39 is 23.9 Å². The molecule has 0 saturated carbocycles. The standard InChI is InChI=1S/C20H23N3O6/c1-27-16-8-7-12(10-17(16)28-2)15(11-18(24)29-3)23-19(25)13-5-4-6-14(9-13)22-20(21)26/h4-10,15H,11H2,1-3H3,(H,23,25)(H3,21,22,26). The summed E-state index contributed by atoms with van der Waals surface area (Å²) in [7, 11) is 4.28. The number of anilines is 1. The topological polar surface area (TPSA) is 129 Å². The number of methoxy groups -OCH3 is 3. The number of nitrogens with two attached hydrogens (primary N) is 1. The van der Waals surface area contributed by atoms with Crippen LogP contribution >= 0.6 is 0 Å². The van der Waals surface area contributed by atoms with Gasteiger partial charge in [-0.25, -0.2) is 4.79 Å². The monoisotopic (exact) mass is 401 g/mol. The SMILES string of the molecule is COC(=O)CC(NC(=O)c1cccc(NC(N)=O)c1)c1ccc(OC)c(OC)c1. The summed E-state index contributed by atoms with van der Waals surface area (Å²) in [6, 6.07) is 9.92. The van der Waals surface area contributed by atoms with Crippen molar-refractivity contribution in [2.45, 2.75) is 12.5 Å². The highest BCUT2D eigenvalue weighted by Gasteiger charge is 2.21. The second-order valence-electron chi connectivity index (χ2n) is 5.99. The average Bonchev–Trinajstić information content (AvgIpc) is 2.72. The predicted molar refractivity (Wildman–Crippen MR) is 106 cm³/mol. The molecule has 0 saturated heterocycles. The number of urea groups is 1. The maximum absolute atomic E-state index is 12.8. The van der Waals surface area contributed by atoms with Crippen LogP contribution in [0.1, 0.15) is 28.4 Å². The second kappa shape index (κ2) is 9.98. The zero-order valence-electron chi connectivity index (χ0n) is 16.4. The van der Waals surface area contributed by atoms with Gasteiger partial charge in [0, 0.05) is 11.3 Å². The van der Waals surface area contributed by atoms with Crippen LogP contribution in [-0.2, 0) is 9.53 Å². The van der Waals surface area contributed by atoms with Crippen LogP contribution < -0.4 is 25.8 Å². The maximum atomic E-state index is 12.8. The molecule has 2 aromatic carbocycles. The molecule has 3 amide bonds. The fourth-order valence-corrected chi connectivity index (χ4v) is 2.69. The summed E-state index contributed by atoms with van der Waals surface area (Å²) in [6.07, 6.45) is -0.0864. The van der Waals surface area contributed by atoms with Gasteiger partial charge in [0.15, 0.2) is 11.5 Å². The summed E-state index contributed by atoms with van der Waals surface area (Å²) in [5, 5.41) is 5.21. The Bertz CT molecular complexity index is 900. The van der Waals surface area contributed by atoms with Crippen molar-refractivity contribution in [1.29, 1.82) is 0 Å². The molecule has 0 heterocycles. The van der Waals surface area contributed by atoms with Gasteiger partial charge in [-0.1, -0.05) is 12.1 Å². The van der Waals surface area contributed by atoms with E-state index in [1.54, 1.807) is 36.4 Å². The van der Waals surface area contributed by atoms with E-state index in [9.17, 15) is 14.4 Å². The van der Waals surface area contributed by atoms with E-state index in [1.807, 2.05) is 0 Å². The lowest BCUT2D eigenvalue weighted by Crippen LogP contribution is -2.30. The summed E-state index contributed by atoms with van der Waals surface area (Å²) in [4.78, 5) is 35.6. The molecule has 29 heavy (non-hydrogen) atoms. The molecule has 2 rings (SSSR count). The third kappa shape index (κ3) is 5.86. The van der Waals surface area contributed by atoms with E-state index in [4.69, 9.17) is 19.9 Å². The number of primary amides is 1. The minimum atomic E-state index is -0.739.